The number of hydrogen-bond acceptors (Lipinski definition) is 3. The second-order valence-corrected chi connectivity index (χ2v) is 22.9. The Balaban J connectivity index is 0.00000757. The van der Waals surface area contributed by atoms with E-state index < -0.39 is 29.9 Å². The molecule has 0 bridgehead atoms. The molecule has 0 spiro atoms. The Bertz CT molecular complexity index is 3960. The van der Waals surface area contributed by atoms with E-state index in [9.17, 15) is 2.74 Å². The van der Waals surface area contributed by atoms with E-state index in [0.717, 1.165) is 55.3 Å². The van der Waals surface area contributed by atoms with E-state index >= 15 is 0 Å². The number of nitrogens with zero attached hydrogens (tertiary/aromatic N) is 5. The second kappa shape index (κ2) is 19.1. The topological polar surface area (TPSA) is 48.8 Å². The molecular formula is C65H65N5OPt-2. The van der Waals surface area contributed by atoms with E-state index in [1.54, 1.807) is 12.3 Å². The first-order chi connectivity index (χ1) is 36.5. The molecule has 368 valence electrons. The normalized spacial score (nSPS) is 14.0. The number of imidazole rings is 1. The minimum absolute atomic E-state index is 0. The summed E-state index contributed by atoms with van der Waals surface area (Å²) in [7, 11) is 0. The van der Waals surface area contributed by atoms with Crippen molar-refractivity contribution in [3.05, 3.63) is 193 Å². The fourth-order valence-electron chi connectivity index (χ4n) is 9.27. The van der Waals surface area contributed by atoms with Crippen LogP contribution in [0, 0.1) is 29.3 Å². The van der Waals surface area contributed by atoms with E-state index in [-0.39, 0.29) is 55.0 Å². The van der Waals surface area contributed by atoms with Crippen LogP contribution in [0.2, 0.25) is 0 Å². The fourth-order valence-corrected chi connectivity index (χ4v) is 9.27. The zero-order valence-corrected chi connectivity index (χ0v) is 45.5. The minimum atomic E-state index is -1.65. The Kier molecular flexibility index (Phi) is 11.1. The Morgan fingerprint density at radius 1 is 0.639 bits per heavy atom. The van der Waals surface area contributed by atoms with Crippen molar-refractivity contribution < 1.29 is 40.0 Å². The predicted molar refractivity (Wildman–Crippen MR) is 292 cm³/mol. The zero-order chi connectivity index (χ0) is 56.2. The second-order valence-electron chi connectivity index (χ2n) is 22.9. The molecule has 10 aromatic rings. The number of pyridine rings is 2. The summed E-state index contributed by atoms with van der Waals surface area (Å²) in [6.07, 6.45) is 4.27. The van der Waals surface area contributed by atoms with E-state index in [4.69, 9.17) is 21.6 Å². The van der Waals surface area contributed by atoms with Crippen molar-refractivity contribution in [3.63, 3.8) is 0 Å². The van der Waals surface area contributed by atoms with Gasteiger partial charge in [-0.2, -0.15) is 12.1 Å². The van der Waals surface area contributed by atoms with Crippen molar-refractivity contribution in [2.24, 2.45) is 10.8 Å². The average Bonchev–Trinajstić information content (AvgIpc) is 4.01. The smallest absolute Gasteiger partial charge is 0.269 e. The first kappa shape index (κ1) is 41.9. The largest absolute Gasteiger partial charge is 0.522 e. The molecule has 6 aromatic carbocycles. The van der Waals surface area contributed by atoms with Crippen molar-refractivity contribution in [2.75, 3.05) is 0 Å². The van der Waals surface area contributed by atoms with E-state index in [1.807, 2.05) is 119 Å². The summed E-state index contributed by atoms with van der Waals surface area (Å²) >= 11 is 0. The van der Waals surface area contributed by atoms with Gasteiger partial charge in [-0.3, -0.25) is 14.1 Å². The molecule has 0 atom stereocenters. The van der Waals surface area contributed by atoms with Crippen molar-refractivity contribution >= 4 is 32.8 Å². The molecule has 0 radical (unpaired) electrons. The molecule has 0 saturated carbocycles. The van der Waals surface area contributed by atoms with Crippen LogP contribution in [0.4, 0.5) is 0 Å². The standard InChI is InChI=1S/C65H65N5O.Pt/c1-62(2,3)40-43-31-32-66-59(33-43)70-55-26-17-16-23-53(55)54-30-29-49(38-58(54)70)71-50-37-48(41-63(4,5)6)67-60(39-50)68-42-69(57-28-19-18-27-56(57)68)61-51(44-21-14-13-15-22-44)24-20-25-52(61)45-34-46(64(7,8)9)36-47(35-45)65(10,11)12;/h13-37H,40-41H2,1-12H3;/q-2;/i13D,14D,15D,21D,22D,40D2;. The van der Waals surface area contributed by atoms with Crippen LogP contribution in [0.5, 0.6) is 11.5 Å². The molecule has 10 rings (SSSR count). The van der Waals surface area contributed by atoms with Gasteiger partial charge in [0.05, 0.1) is 29.4 Å². The van der Waals surface area contributed by atoms with Crippen molar-refractivity contribution in [1.82, 2.24) is 19.1 Å². The Hall–Kier alpha value is -6.62. The number of hydrogen-bond donors (Lipinski definition) is 0. The summed E-state index contributed by atoms with van der Waals surface area (Å²) in [6.45, 7) is 25.3. The van der Waals surface area contributed by atoms with E-state index in [1.165, 1.54) is 0 Å². The Labute approximate surface area is 450 Å². The minimum Gasteiger partial charge on any atom is -0.522 e. The van der Waals surface area contributed by atoms with E-state index in [0.29, 0.717) is 51.9 Å². The predicted octanol–water partition coefficient (Wildman–Crippen LogP) is 16.1. The molecule has 0 aliphatic heterocycles. The van der Waals surface area contributed by atoms with Gasteiger partial charge in [-0.05, 0) is 108 Å². The van der Waals surface area contributed by atoms with Gasteiger partial charge in [-0.1, -0.05) is 198 Å². The van der Waals surface area contributed by atoms with Gasteiger partial charge in [0.2, 0.25) is 0 Å². The summed E-state index contributed by atoms with van der Waals surface area (Å²) < 4.78 is 75.5. The molecule has 0 unspecified atom stereocenters. The summed E-state index contributed by atoms with van der Waals surface area (Å²) in [5.74, 6) is 1.77. The molecule has 0 aliphatic carbocycles. The fraction of sp³-hybridized carbons (Fsp3) is 0.277. The number of benzene rings is 6. The molecule has 0 aliphatic rings. The quantitative estimate of drug-likeness (QED) is 0.107. The Morgan fingerprint density at radius 2 is 1.31 bits per heavy atom. The van der Waals surface area contributed by atoms with Gasteiger partial charge in [0.1, 0.15) is 5.82 Å². The molecule has 0 N–H and O–H groups in total. The van der Waals surface area contributed by atoms with Crippen LogP contribution in [0.1, 0.15) is 115 Å². The van der Waals surface area contributed by atoms with Gasteiger partial charge in [0, 0.05) is 41.3 Å². The molecule has 0 fully saturated rings. The zero-order valence-electron chi connectivity index (χ0n) is 50.2. The molecule has 4 aromatic heterocycles. The summed E-state index contributed by atoms with van der Waals surface area (Å²) in [5.41, 5.74) is 8.08. The molecule has 72 heavy (non-hydrogen) atoms. The average molecular weight is 1130 g/mol. The SMILES string of the molecule is [2H]c1c([2H])c([2H])c(-c2cccc(-c3cc(C(C)(C)C)cc(C(C)(C)C)c3)c2-[n+]2[c-]n(-c3[c-]c(Oc4[c-]c5c(cc4)c4ccccc4n5-c4cc(C([2H])([2H])C(C)(C)C)ccn4)cc(CC(C)(C)C)n3)c3ccccc32)c([2H])c1[2H].[Pt]. The third-order valence-corrected chi connectivity index (χ3v) is 12.5. The summed E-state index contributed by atoms with van der Waals surface area (Å²) in [4.78, 5) is 10.1. The van der Waals surface area contributed by atoms with Gasteiger partial charge in [-0.15, -0.1) is 23.6 Å². The maximum atomic E-state index is 9.29. The van der Waals surface area contributed by atoms with Crippen LogP contribution in [-0.2, 0) is 44.7 Å². The molecule has 4 heterocycles. The number of para-hydroxylation sites is 4. The number of aromatic nitrogens is 5. The van der Waals surface area contributed by atoms with Gasteiger partial charge in [0.15, 0.2) is 0 Å². The maximum absolute atomic E-state index is 9.29. The number of fused-ring (bicyclic) bond motifs is 4. The third kappa shape index (κ3) is 10.3. The molecule has 0 amide bonds. The number of ether oxygens (including phenoxy) is 1. The van der Waals surface area contributed by atoms with Crippen molar-refractivity contribution in [2.45, 2.75) is 107 Å². The molecule has 0 saturated heterocycles. The maximum Gasteiger partial charge on any atom is 0.269 e. The monoisotopic (exact) mass is 1130 g/mol. The van der Waals surface area contributed by atoms with Crippen LogP contribution in [0.25, 0.3) is 72.4 Å². The third-order valence-electron chi connectivity index (χ3n) is 12.5. The van der Waals surface area contributed by atoms with Gasteiger partial charge in [0.25, 0.3) is 6.33 Å². The van der Waals surface area contributed by atoms with Gasteiger partial charge < -0.3 is 9.30 Å². The van der Waals surface area contributed by atoms with Crippen LogP contribution in [0.3, 0.4) is 0 Å². The molecular weight excluding hydrogens is 1060 g/mol. The van der Waals surface area contributed by atoms with Crippen LogP contribution >= 0.6 is 0 Å². The van der Waals surface area contributed by atoms with Gasteiger partial charge in [-0.25, -0.2) is 4.98 Å². The van der Waals surface area contributed by atoms with Crippen molar-refractivity contribution in [1.29, 1.82) is 0 Å². The first-order valence-electron chi connectivity index (χ1n) is 27.9. The van der Waals surface area contributed by atoms with Gasteiger partial charge >= 0.3 is 0 Å². The van der Waals surface area contributed by atoms with E-state index in [2.05, 4.69) is 105 Å². The van der Waals surface area contributed by atoms with Crippen LogP contribution in [-0.4, -0.2) is 19.1 Å². The summed E-state index contributed by atoms with van der Waals surface area (Å²) in [6, 6.07) is 42.8. The Morgan fingerprint density at radius 3 is 1.99 bits per heavy atom. The first-order valence-corrected chi connectivity index (χ1v) is 24.4. The molecule has 6 nitrogen and oxygen atoms in total. The van der Waals surface area contributed by atoms with Crippen LogP contribution in [0.15, 0.2) is 152 Å². The number of rotatable bonds is 9. The summed E-state index contributed by atoms with van der Waals surface area (Å²) in [5, 5.41) is 1.92. The molecule has 7 heteroatoms. The van der Waals surface area contributed by atoms with Crippen molar-refractivity contribution in [3.8, 4) is 51.1 Å². The van der Waals surface area contributed by atoms with Crippen LogP contribution < -0.4 is 9.30 Å².